The van der Waals surface area contributed by atoms with Crippen molar-refractivity contribution in [3.63, 3.8) is 0 Å². The van der Waals surface area contributed by atoms with Gasteiger partial charge in [-0.05, 0) is 39.5 Å². The minimum Gasteiger partial charge on any atom is -0.495 e. The van der Waals surface area contributed by atoms with Crippen LogP contribution < -0.4 is 10.3 Å². The van der Waals surface area contributed by atoms with Crippen LogP contribution in [0.3, 0.4) is 0 Å². The summed E-state index contributed by atoms with van der Waals surface area (Å²) in [4.78, 5) is 12.4. The lowest BCUT2D eigenvalue weighted by Crippen LogP contribution is -2.18. The van der Waals surface area contributed by atoms with Crippen molar-refractivity contribution in [3.8, 4) is 11.4 Å². The molecule has 21 heavy (non-hydrogen) atoms. The van der Waals surface area contributed by atoms with Crippen molar-refractivity contribution >= 4 is 38.4 Å². The third kappa shape index (κ3) is 2.45. The summed E-state index contributed by atoms with van der Waals surface area (Å²) in [6.45, 7) is 0. The van der Waals surface area contributed by atoms with Crippen molar-refractivity contribution in [1.29, 1.82) is 0 Å². The maximum absolute atomic E-state index is 12.4. The minimum atomic E-state index is -0.124. The second kappa shape index (κ2) is 5.54. The fraction of sp³-hybridized carbons (Fsp3) is 0.0625. The van der Waals surface area contributed by atoms with E-state index in [0.29, 0.717) is 20.9 Å². The number of hydrogen-bond acceptors (Lipinski definition) is 2. The number of methoxy groups -OCH3 is 1. The third-order valence-corrected chi connectivity index (χ3v) is 4.46. The highest BCUT2D eigenvalue weighted by atomic mass is 79.9. The van der Waals surface area contributed by atoms with Gasteiger partial charge in [-0.3, -0.25) is 9.36 Å². The van der Waals surface area contributed by atoms with Crippen LogP contribution in [0.1, 0.15) is 0 Å². The molecule has 0 aliphatic heterocycles. The van der Waals surface area contributed by atoms with Gasteiger partial charge < -0.3 is 4.74 Å². The maximum Gasteiger partial charge on any atom is 0.255 e. The van der Waals surface area contributed by atoms with E-state index in [1.54, 1.807) is 29.9 Å². The number of pyridine rings is 1. The molecule has 0 aliphatic carbocycles. The largest absolute Gasteiger partial charge is 0.495 e. The SMILES string of the molecule is COc1cc(Cl)c(Br)cc1-n1c(=O)ccc2ccccc21. The molecule has 0 atom stereocenters. The lowest BCUT2D eigenvalue weighted by molar-refractivity contribution is 0.413. The highest BCUT2D eigenvalue weighted by Gasteiger charge is 2.13. The first-order valence-corrected chi connectivity index (χ1v) is 7.43. The molecule has 0 radical (unpaired) electrons. The summed E-state index contributed by atoms with van der Waals surface area (Å²) in [5.74, 6) is 0.543. The number of fused-ring (bicyclic) bond motifs is 1. The molecular formula is C16H11BrClNO2. The number of benzene rings is 2. The van der Waals surface area contributed by atoms with Gasteiger partial charge in [0.15, 0.2) is 0 Å². The molecule has 0 amide bonds. The summed E-state index contributed by atoms with van der Waals surface area (Å²) in [6.07, 6.45) is 0. The van der Waals surface area contributed by atoms with Crippen LogP contribution in [0.25, 0.3) is 16.6 Å². The Morgan fingerprint density at radius 2 is 1.90 bits per heavy atom. The van der Waals surface area contributed by atoms with E-state index >= 15 is 0 Å². The standard InChI is InChI=1S/C16H11BrClNO2/c1-21-15-9-12(18)11(17)8-14(15)19-13-5-3-2-4-10(13)6-7-16(19)20/h2-9H,1H3. The van der Waals surface area contributed by atoms with Gasteiger partial charge in [0, 0.05) is 16.6 Å². The first-order valence-electron chi connectivity index (χ1n) is 6.26. The molecule has 1 aromatic heterocycles. The monoisotopic (exact) mass is 363 g/mol. The first-order chi connectivity index (χ1) is 10.1. The Kier molecular flexibility index (Phi) is 3.74. The molecule has 0 bridgehead atoms. The molecule has 0 unspecified atom stereocenters. The van der Waals surface area contributed by atoms with Crippen LogP contribution in [-0.2, 0) is 0 Å². The van der Waals surface area contributed by atoms with Gasteiger partial charge >= 0.3 is 0 Å². The number of halogens is 2. The molecule has 0 saturated carbocycles. The average molecular weight is 365 g/mol. The molecule has 3 rings (SSSR count). The van der Waals surface area contributed by atoms with E-state index < -0.39 is 0 Å². The van der Waals surface area contributed by atoms with E-state index in [-0.39, 0.29) is 5.56 Å². The predicted molar refractivity (Wildman–Crippen MR) is 88.8 cm³/mol. The van der Waals surface area contributed by atoms with Crippen LogP contribution in [0.4, 0.5) is 0 Å². The van der Waals surface area contributed by atoms with Crippen LogP contribution in [0.2, 0.25) is 5.02 Å². The van der Waals surface area contributed by atoms with E-state index in [0.717, 1.165) is 10.9 Å². The van der Waals surface area contributed by atoms with Crippen molar-refractivity contribution in [2.24, 2.45) is 0 Å². The van der Waals surface area contributed by atoms with E-state index in [4.69, 9.17) is 16.3 Å². The molecule has 0 aliphatic rings. The van der Waals surface area contributed by atoms with Crippen LogP contribution in [-0.4, -0.2) is 11.7 Å². The van der Waals surface area contributed by atoms with E-state index in [1.807, 2.05) is 30.3 Å². The Hall–Kier alpha value is -1.78. The lowest BCUT2D eigenvalue weighted by atomic mass is 10.2. The minimum absolute atomic E-state index is 0.124. The molecule has 1 heterocycles. The molecule has 5 heteroatoms. The van der Waals surface area contributed by atoms with Crippen LogP contribution in [0, 0.1) is 0 Å². The maximum atomic E-state index is 12.4. The van der Waals surface area contributed by atoms with E-state index in [2.05, 4.69) is 15.9 Å². The second-order valence-electron chi connectivity index (χ2n) is 4.50. The van der Waals surface area contributed by atoms with Crippen LogP contribution in [0.5, 0.6) is 5.75 Å². The Bertz CT molecular complexity index is 889. The summed E-state index contributed by atoms with van der Waals surface area (Å²) in [5.41, 5.74) is 1.34. The fourth-order valence-electron chi connectivity index (χ4n) is 2.29. The van der Waals surface area contributed by atoms with E-state index in [1.165, 1.54) is 0 Å². The normalized spacial score (nSPS) is 10.8. The number of hydrogen-bond donors (Lipinski definition) is 0. The van der Waals surface area contributed by atoms with Gasteiger partial charge in [0.2, 0.25) is 0 Å². The molecular weight excluding hydrogens is 354 g/mol. The second-order valence-corrected chi connectivity index (χ2v) is 5.77. The highest BCUT2D eigenvalue weighted by molar-refractivity contribution is 9.10. The van der Waals surface area contributed by atoms with Gasteiger partial charge in [-0.2, -0.15) is 0 Å². The molecule has 3 nitrogen and oxygen atoms in total. The van der Waals surface area contributed by atoms with Crippen molar-refractivity contribution in [2.45, 2.75) is 0 Å². The number of ether oxygens (including phenoxy) is 1. The number of para-hydroxylation sites is 1. The molecule has 3 aromatic rings. The first kappa shape index (κ1) is 14.2. The molecule has 0 N–H and O–H groups in total. The highest BCUT2D eigenvalue weighted by Crippen LogP contribution is 2.33. The fourth-order valence-corrected chi connectivity index (χ4v) is 2.78. The zero-order chi connectivity index (χ0) is 15.0. The average Bonchev–Trinajstić information content (AvgIpc) is 2.50. The summed E-state index contributed by atoms with van der Waals surface area (Å²) in [7, 11) is 1.55. The topological polar surface area (TPSA) is 31.2 Å². The van der Waals surface area contributed by atoms with Crippen LogP contribution in [0.15, 0.2) is 57.8 Å². The quantitative estimate of drug-likeness (QED) is 0.674. The summed E-state index contributed by atoms with van der Waals surface area (Å²) >= 11 is 9.49. The molecule has 106 valence electrons. The molecule has 0 spiro atoms. The van der Waals surface area contributed by atoms with Gasteiger partial charge in [-0.15, -0.1) is 0 Å². The third-order valence-electron chi connectivity index (χ3n) is 3.27. The van der Waals surface area contributed by atoms with Gasteiger partial charge in [0.25, 0.3) is 5.56 Å². The number of rotatable bonds is 2. The summed E-state index contributed by atoms with van der Waals surface area (Å²) < 4.78 is 7.70. The molecule has 0 fully saturated rings. The van der Waals surface area contributed by atoms with Crippen molar-refractivity contribution in [1.82, 2.24) is 4.57 Å². The Morgan fingerprint density at radius 1 is 1.14 bits per heavy atom. The lowest BCUT2D eigenvalue weighted by Gasteiger charge is -2.15. The zero-order valence-electron chi connectivity index (χ0n) is 11.1. The summed E-state index contributed by atoms with van der Waals surface area (Å²) in [6, 6.07) is 14.5. The van der Waals surface area contributed by atoms with Crippen molar-refractivity contribution in [2.75, 3.05) is 7.11 Å². The predicted octanol–water partition coefficient (Wildman–Crippen LogP) is 4.42. The smallest absolute Gasteiger partial charge is 0.255 e. The number of aromatic nitrogens is 1. The number of nitrogens with zero attached hydrogens (tertiary/aromatic N) is 1. The van der Waals surface area contributed by atoms with E-state index in [9.17, 15) is 4.79 Å². The Labute approximate surface area is 134 Å². The van der Waals surface area contributed by atoms with Gasteiger partial charge in [0.1, 0.15) is 5.75 Å². The molecule has 2 aromatic carbocycles. The zero-order valence-corrected chi connectivity index (χ0v) is 13.5. The Balaban J connectivity index is 2.43. The van der Waals surface area contributed by atoms with Gasteiger partial charge in [-0.1, -0.05) is 29.8 Å². The van der Waals surface area contributed by atoms with Crippen molar-refractivity contribution in [3.05, 3.63) is 68.4 Å². The summed E-state index contributed by atoms with van der Waals surface area (Å²) in [5, 5.41) is 1.51. The van der Waals surface area contributed by atoms with Gasteiger partial charge in [0.05, 0.1) is 23.3 Å². The molecule has 0 saturated heterocycles. The van der Waals surface area contributed by atoms with Crippen LogP contribution >= 0.6 is 27.5 Å². The van der Waals surface area contributed by atoms with Gasteiger partial charge in [-0.25, -0.2) is 0 Å². The Morgan fingerprint density at radius 3 is 2.67 bits per heavy atom. The van der Waals surface area contributed by atoms with Crippen molar-refractivity contribution < 1.29 is 4.74 Å².